The van der Waals surface area contributed by atoms with Crippen LogP contribution in [-0.2, 0) is 14.3 Å². The van der Waals surface area contributed by atoms with Crippen LogP contribution in [0.25, 0.3) is 0 Å². The second-order valence-electron chi connectivity index (χ2n) is 2.92. The molecule has 1 rings (SSSR count). The zero-order valence-electron chi connectivity index (χ0n) is 7.50. The SMILES string of the molecule is CCC(C)OC(=O)COC1CN1. The van der Waals surface area contributed by atoms with E-state index in [0.29, 0.717) is 0 Å². The Labute approximate surface area is 72.2 Å². The smallest absolute Gasteiger partial charge is 0.332 e. The van der Waals surface area contributed by atoms with Gasteiger partial charge in [0.1, 0.15) is 12.8 Å². The first-order chi connectivity index (χ1) is 5.72. The van der Waals surface area contributed by atoms with Crippen LogP contribution in [0.5, 0.6) is 0 Å². The van der Waals surface area contributed by atoms with E-state index < -0.39 is 0 Å². The van der Waals surface area contributed by atoms with Crippen LogP contribution in [0.15, 0.2) is 0 Å². The molecule has 70 valence electrons. The predicted molar refractivity (Wildman–Crippen MR) is 43.6 cm³/mol. The number of esters is 1. The van der Waals surface area contributed by atoms with E-state index in [0.717, 1.165) is 13.0 Å². The molecule has 4 heteroatoms. The van der Waals surface area contributed by atoms with E-state index >= 15 is 0 Å². The van der Waals surface area contributed by atoms with E-state index in [9.17, 15) is 4.79 Å². The molecule has 0 amide bonds. The summed E-state index contributed by atoms with van der Waals surface area (Å²) in [5, 5.41) is 2.93. The second-order valence-corrected chi connectivity index (χ2v) is 2.92. The Morgan fingerprint density at radius 1 is 1.75 bits per heavy atom. The number of nitrogens with one attached hydrogen (secondary N) is 1. The summed E-state index contributed by atoms with van der Waals surface area (Å²) in [7, 11) is 0. The van der Waals surface area contributed by atoms with E-state index in [1.165, 1.54) is 0 Å². The molecule has 4 nitrogen and oxygen atoms in total. The lowest BCUT2D eigenvalue weighted by Crippen LogP contribution is -2.19. The summed E-state index contributed by atoms with van der Waals surface area (Å²) in [4.78, 5) is 11.0. The van der Waals surface area contributed by atoms with Crippen molar-refractivity contribution < 1.29 is 14.3 Å². The van der Waals surface area contributed by atoms with E-state index in [-0.39, 0.29) is 24.9 Å². The third-order valence-electron chi connectivity index (χ3n) is 1.68. The van der Waals surface area contributed by atoms with Gasteiger partial charge < -0.3 is 9.47 Å². The van der Waals surface area contributed by atoms with Crippen molar-refractivity contribution in [1.82, 2.24) is 5.32 Å². The third-order valence-corrected chi connectivity index (χ3v) is 1.68. The van der Waals surface area contributed by atoms with Crippen molar-refractivity contribution in [3.8, 4) is 0 Å². The van der Waals surface area contributed by atoms with Crippen LogP contribution in [-0.4, -0.2) is 31.5 Å². The molecular formula is C8H15NO3. The molecule has 0 spiro atoms. The van der Waals surface area contributed by atoms with Crippen LogP contribution in [0, 0.1) is 0 Å². The summed E-state index contributed by atoms with van der Waals surface area (Å²) in [5.41, 5.74) is 0. The molecule has 0 aromatic heterocycles. The molecule has 1 aliphatic heterocycles. The highest BCUT2D eigenvalue weighted by Crippen LogP contribution is 2.01. The van der Waals surface area contributed by atoms with Crippen LogP contribution in [0.3, 0.4) is 0 Å². The van der Waals surface area contributed by atoms with Gasteiger partial charge >= 0.3 is 5.97 Å². The average molecular weight is 173 g/mol. The Bertz CT molecular complexity index is 156. The summed E-state index contributed by atoms with van der Waals surface area (Å²) >= 11 is 0. The lowest BCUT2D eigenvalue weighted by molar-refractivity contribution is -0.154. The van der Waals surface area contributed by atoms with Gasteiger partial charge in [-0.3, -0.25) is 5.32 Å². The lowest BCUT2D eigenvalue weighted by atomic mass is 10.3. The molecule has 1 fully saturated rings. The number of hydrogen-bond donors (Lipinski definition) is 1. The van der Waals surface area contributed by atoms with Gasteiger partial charge in [-0.25, -0.2) is 4.79 Å². The van der Waals surface area contributed by atoms with Crippen molar-refractivity contribution in [3.05, 3.63) is 0 Å². The standard InChI is InChI=1S/C8H15NO3/c1-3-6(2)12-8(10)5-11-7-4-9-7/h6-7,9H,3-5H2,1-2H3. The molecule has 12 heavy (non-hydrogen) atoms. The maximum absolute atomic E-state index is 11.0. The normalized spacial score (nSPS) is 23.3. The van der Waals surface area contributed by atoms with Crippen LogP contribution in [0.4, 0.5) is 0 Å². The van der Waals surface area contributed by atoms with Gasteiger partial charge in [0.05, 0.1) is 6.10 Å². The van der Waals surface area contributed by atoms with Gasteiger partial charge in [0.2, 0.25) is 0 Å². The summed E-state index contributed by atoms with van der Waals surface area (Å²) in [5.74, 6) is -0.280. The van der Waals surface area contributed by atoms with E-state index in [1.807, 2.05) is 13.8 Å². The van der Waals surface area contributed by atoms with Gasteiger partial charge in [0, 0.05) is 6.54 Å². The molecular weight excluding hydrogens is 158 g/mol. The third kappa shape index (κ3) is 3.69. The molecule has 2 atom stereocenters. The largest absolute Gasteiger partial charge is 0.461 e. The monoisotopic (exact) mass is 173 g/mol. The van der Waals surface area contributed by atoms with Crippen molar-refractivity contribution in [3.63, 3.8) is 0 Å². The molecule has 0 aliphatic carbocycles. The molecule has 2 unspecified atom stereocenters. The second kappa shape index (κ2) is 4.42. The number of carbonyl (C=O) groups excluding carboxylic acids is 1. The van der Waals surface area contributed by atoms with Crippen molar-refractivity contribution in [2.24, 2.45) is 0 Å². The fourth-order valence-electron chi connectivity index (χ4n) is 0.676. The average Bonchev–Trinajstić information content (AvgIpc) is 2.83. The van der Waals surface area contributed by atoms with Gasteiger partial charge in [-0.1, -0.05) is 6.92 Å². The van der Waals surface area contributed by atoms with E-state index in [2.05, 4.69) is 5.32 Å². The van der Waals surface area contributed by atoms with Gasteiger partial charge in [0.25, 0.3) is 0 Å². The van der Waals surface area contributed by atoms with Crippen molar-refractivity contribution in [2.75, 3.05) is 13.2 Å². The number of carbonyl (C=O) groups is 1. The first-order valence-electron chi connectivity index (χ1n) is 4.27. The fourth-order valence-corrected chi connectivity index (χ4v) is 0.676. The van der Waals surface area contributed by atoms with Crippen LogP contribution in [0.2, 0.25) is 0 Å². The molecule has 0 aromatic carbocycles. The lowest BCUT2D eigenvalue weighted by Gasteiger charge is -2.10. The molecule has 0 bridgehead atoms. The fraction of sp³-hybridized carbons (Fsp3) is 0.875. The first-order valence-corrected chi connectivity index (χ1v) is 4.27. The molecule has 1 saturated heterocycles. The number of hydrogen-bond acceptors (Lipinski definition) is 4. The van der Waals surface area contributed by atoms with Crippen LogP contribution in [0.1, 0.15) is 20.3 Å². The topological polar surface area (TPSA) is 57.5 Å². The van der Waals surface area contributed by atoms with Crippen molar-refractivity contribution >= 4 is 5.97 Å². The first kappa shape index (κ1) is 9.48. The Morgan fingerprint density at radius 2 is 2.42 bits per heavy atom. The Hall–Kier alpha value is -0.610. The zero-order chi connectivity index (χ0) is 8.97. The highest BCUT2D eigenvalue weighted by Gasteiger charge is 2.22. The maximum Gasteiger partial charge on any atom is 0.332 e. The van der Waals surface area contributed by atoms with E-state index in [1.54, 1.807) is 0 Å². The molecule has 0 aromatic rings. The maximum atomic E-state index is 11.0. The van der Waals surface area contributed by atoms with Gasteiger partial charge in [0.15, 0.2) is 0 Å². The quantitative estimate of drug-likeness (QED) is 0.479. The Balaban J connectivity index is 2.01. The summed E-state index contributed by atoms with van der Waals surface area (Å²) in [6, 6.07) is 0. The molecule has 0 radical (unpaired) electrons. The molecule has 1 heterocycles. The zero-order valence-corrected chi connectivity index (χ0v) is 7.50. The van der Waals surface area contributed by atoms with Gasteiger partial charge in [-0.2, -0.15) is 0 Å². The summed E-state index contributed by atoms with van der Waals surface area (Å²) in [6.45, 7) is 4.74. The van der Waals surface area contributed by atoms with E-state index in [4.69, 9.17) is 9.47 Å². The predicted octanol–water partition coefficient (Wildman–Crippen LogP) is 0.274. The highest BCUT2D eigenvalue weighted by atomic mass is 16.6. The van der Waals surface area contributed by atoms with Gasteiger partial charge in [-0.05, 0) is 13.3 Å². The summed E-state index contributed by atoms with van der Waals surface area (Å²) in [6.07, 6.45) is 0.913. The van der Waals surface area contributed by atoms with Crippen molar-refractivity contribution in [2.45, 2.75) is 32.6 Å². The highest BCUT2D eigenvalue weighted by molar-refractivity contribution is 5.70. The number of rotatable bonds is 5. The minimum absolute atomic E-state index is 0.00624. The Morgan fingerprint density at radius 3 is 2.92 bits per heavy atom. The molecule has 1 N–H and O–H groups in total. The Kier molecular flexibility index (Phi) is 3.49. The number of ether oxygens (including phenoxy) is 2. The van der Waals surface area contributed by atoms with Crippen molar-refractivity contribution in [1.29, 1.82) is 0 Å². The van der Waals surface area contributed by atoms with Gasteiger partial charge in [-0.15, -0.1) is 0 Å². The minimum atomic E-state index is -0.280. The summed E-state index contributed by atoms with van der Waals surface area (Å²) < 4.78 is 10.1. The van der Waals surface area contributed by atoms with Crippen LogP contribution >= 0.6 is 0 Å². The molecule has 1 aliphatic rings. The minimum Gasteiger partial charge on any atom is -0.461 e. The van der Waals surface area contributed by atoms with Crippen LogP contribution < -0.4 is 5.32 Å². The molecule has 0 saturated carbocycles.